The maximum absolute atomic E-state index is 12.6. The molecule has 1 aliphatic rings. The largest absolute Gasteiger partial charge is 0.481 e. The summed E-state index contributed by atoms with van der Waals surface area (Å²) in [7, 11) is -7.43. The summed E-state index contributed by atoms with van der Waals surface area (Å²) in [6.45, 7) is 1.92. The smallest absolute Gasteiger partial charge is 0.307 e. The molecule has 0 radical (unpaired) electrons. The van der Waals surface area contributed by atoms with E-state index in [1.165, 1.54) is 6.07 Å². The Morgan fingerprint density at radius 1 is 1.26 bits per heavy atom. The van der Waals surface area contributed by atoms with E-state index in [0.29, 0.717) is 6.42 Å². The first-order chi connectivity index (χ1) is 10.5. The minimum absolute atomic E-state index is 0.0807. The summed E-state index contributed by atoms with van der Waals surface area (Å²) in [5.74, 6) is -1.86. The SMILES string of the molecule is CC1CC(C(=O)O)CN(S(=O)(=O)c2ccc(S(C)(=O)=O)nc2)C1. The summed E-state index contributed by atoms with van der Waals surface area (Å²) >= 11 is 0. The van der Waals surface area contributed by atoms with Gasteiger partial charge in [-0.05, 0) is 24.5 Å². The van der Waals surface area contributed by atoms with Crippen molar-refractivity contribution < 1.29 is 26.7 Å². The average Bonchev–Trinajstić information content (AvgIpc) is 2.45. The van der Waals surface area contributed by atoms with Crippen molar-refractivity contribution in [3.05, 3.63) is 18.3 Å². The lowest BCUT2D eigenvalue weighted by molar-refractivity contribution is -0.143. The Morgan fingerprint density at radius 3 is 2.39 bits per heavy atom. The van der Waals surface area contributed by atoms with E-state index < -0.39 is 31.7 Å². The molecule has 0 aliphatic carbocycles. The average molecular weight is 362 g/mol. The molecule has 1 aromatic heterocycles. The number of aromatic nitrogens is 1. The molecule has 0 bridgehead atoms. The molecule has 0 saturated carbocycles. The van der Waals surface area contributed by atoms with E-state index in [4.69, 9.17) is 5.11 Å². The molecule has 0 amide bonds. The summed E-state index contributed by atoms with van der Waals surface area (Å²) in [5, 5.41) is 8.92. The standard InChI is InChI=1S/C13H18N2O6S2/c1-9-5-10(13(16)17)8-15(7-9)23(20,21)11-3-4-12(14-6-11)22(2,18)19/h3-4,6,9-10H,5,7-8H2,1-2H3,(H,16,17). The Bertz CT molecular complexity index is 801. The third-order valence-electron chi connectivity index (χ3n) is 3.70. The van der Waals surface area contributed by atoms with E-state index in [9.17, 15) is 21.6 Å². The van der Waals surface area contributed by atoms with Crippen molar-refractivity contribution in [2.45, 2.75) is 23.3 Å². The molecule has 0 spiro atoms. The highest BCUT2D eigenvalue weighted by atomic mass is 32.2. The molecule has 1 aliphatic heterocycles. The Balaban J connectivity index is 2.32. The minimum Gasteiger partial charge on any atom is -0.481 e. The minimum atomic E-state index is -3.91. The molecular formula is C13H18N2O6S2. The highest BCUT2D eigenvalue weighted by Gasteiger charge is 2.36. The van der Waals surface area contributed by atoms with E-state index >= 15 is 0 Å². The predicted octanol–water partition coefficient (Wildman–Crippen LogP) is 0.216. The summed E-state index contributed by atoms with van der Waals surface area (Å²) in [6.07, 6.45) is 2.39. The monoisotopic (exact) mass is 362 g/mol. The van der Waals surface area contributed by atoms with Gasteiger partial charge in [-0.3, -0.25) is 4.79 Å². The highest BCUT2D eigenvalue weighted by molar-refractivity contribution is 7.90. The Morgan fingerprint density at radius 2 is 1.91 bits per heavy atom. The van der Waals surface area contributed by atoms with Gasteiger partial charge in [-0.2, -0.15) is 4.31 Å². The molecule has 1 aromatic rings. The molecule has 2 rings (SSSR count). The van der Waals surface area contributed by atoms with Crippen LogP contribution in [0.5, 0.6) is 0 Å². The van der Waals surface area contributed by atoms with Crippen molar-refractivity contribution in [1.82, 2.24) is 9.29 Å². The van der Waals surface area contributed by atoms with E-state index in [2.05, 4.69) is 4.98 Å². The van der Waals surface area contributed by atoms with Gasteiger partial charge in [-0.1, -0.05) is 6.92 Å². The summed E-state index contributed by atoms with van der Waals surface area (Å²) in [6, 6.07) is 2.30. The molecule has 2 unspecified atom stereocenters. The number of carbonyl (C=O) groups is 1. The number of sulfonamides is 1. The van der Waals surface area contributed by atoms with Crippen LogP contribution >= 0.6 is 0 Å². The van der Waals surface area contributed by atoms with Crippen LogP contribution in [0, 0.1) is 11.8 Å². The molecule has 2 heterocycles. The van der Waals surface area contributed by atoms with E-state index in [1.807, 2.05) is 0 Å². The Kier molecular flexibility index (Phi) is 4.79. The molecule has 1 N–H and O–H groups in total. The van der Waals surface area contributed by atoms with Crippen molar-refractivity contribution in [1.29, 1.82) is 0 Å². The van der Waals surface area contributed by atoms with Crippen LogP contribution in [-0.4, -0.2) is 56.5 Å². The molecule has 128 valence electrons. The van der Waals surface area contributed by atoms with Gasteiger partial charge in [-0.15, -0.1) is 0 Å². The third-order valence-corrected chi connectivity index (χ3v) is 6.52. The highest BCUT2D eigenvalue weighted by Crippen LogP contribution is 2.27. The summed E-state index contributed by atoms with van der Waals surface area (Å²) in [4.78, 5) is 14.7. The van der Waals surface area contributed by atoms with Crippen molar-refractivity contribution in [3.8, 4) is 0 Å². The number of carboxylic acids is 1. The number of sulfone groups is 1. The second-order valence-electron chi connectivity index (χ2n) is 5.80. The maximum atomic E-state index is 12.6. The molecule has 0 aromatic carbocycles. The van der Waals surface area contributed by atoms with Crippen LogP contribution in [-0.2, 0) is 24.7 Å². The van der Waals surface area contributed by atoms with Gasteiger partial charge < -0.3 is 5.11 Å². The number of carboxylic acid groups (broad SMARTS) is 1. The van der Waals surface area contributed by atoms with Crippen LogP contribution in [0.4, 0.5) is 0 Å². The van der Waals surface area contributed by atoms with E-state index in [0.717, 1.165) is 22.8 Å². The maximum Gasteiger partial charge on any atom is 0.307 e. The first kappa shape index (κ1) is 17.8. The van der Waals surface area contributed by atoms with Gasteiger partial charge in [0.25, 0.3) is 0 Å². The van der Waals surface area contributed by atoms with Crippen LogP contribution in [0.2, 0.25) is 0 Å². The molecule has 1 saturated heterocycles. The summed E-state index contributed by atoms with van der Waals surface area (Å²) < 4.78 is 49.1. The topological polar surface area (TPSA) is 122 Å². The molecule has 8 nitrogen and oxygen atoms in total. The normalized spacial score (nSPS) is 23.6. The second kappa shape index (κ2) is 6.17. The Labute approximate surface area is 135 Å². The van der Waals surface area contributed by atoms with Crippen LogP contribution < -0.4 is 0 Å². The van der Waals surface area contributed by atoms with Crippen LogP contribution in [0.3, 0.4) is 0 Å². The fourth-order valence-corrected chi connectivity index (χ4v) is 4.68. The Hall–Kier alpha value is -1.52. The number of nitrogens with zero attached hydrogens (tertiary/aromatic N) is 2. The number of piperidine rings is 1. The summed E-state index contributed by atoms with van der Waals surface area (Å²) in [5.41, 5.74) is 0. The fourth-order valence-electron chi connectivity index (χ4n) is 2.57. The molecule has 1 fully saturated rings. The van der Waals surface area contributed by atoms with Gasteiger partial charge in [0.15, 0.2) is 14.9 Å². The van der Waals surface area contributed by atoms with Crippen LogP contribution in [0.1, 0.15) is 13.3 Å². The number of pyridine rings is 1. The lowest BCUT2D eigenvalue weighted by Crippen LogP contribution is -2.45. The van der Waals surface area contributed by atoms with Gasteiger partial charge in [0.2, 0.25) is 10.0 Å². The van der Waals surface area contributed by atoms with E-state index in [-0.39, 0.29) is 28.9 Å². The number of rotatable bonds is 4. The molecular weight excluding hydrogens is 344 g/mol. The quantitative estimate of drug-likeness (QED) is 0.813. The van der Waals surface area contributed by atoms with Crippen molar-refractivity contribution in [2.75, 3.05) is 19.3 Å². The molecule has 2 atom stereocenters. The van der Waals surface area contributed by atoms with Gasteiger partial charge in [-0.25, -0.2) is 21.8 Å². The number of hydrogen-bond donors (Lipinski definition) is 1. The van der Waals surface area contributed by atoms with Crippen LogP contribution in [0.25, 0.3) is 0 Å². The van der Waals surface area contributed by atoms with Crippen molar-refractivity contribution in [3.63, 3.8) is 0 Å². The first-order valence-corrected chi connectivity index (χ1v) is 10.2. The van der Waals surface area contributed by atoms with E-state index in [1.54, 1.807) is 6.92 Å². The van der Waals surface area contributed by atoms with Gasteiger partial charge >= 0.3 is 5.97 Å². The van der Waals surface area contributed by atoms with Gasteiger partial charge in [0.05, 0.1) is 5.92 Å². The first-order valence-electron chi connectivity index (χ1n) is 6.91. The fraction of sp³-hybridized carbons (Fsp3) is 0.538. The van der Waals surface area contributed by atoms with Gasteiger partial charge in [0, 0.05) is 25.5 Å². The van der Waals surface area contributed by atoms with Crippen molar-refractivity contribution >= 4 is 25.8 Å². The molecule has 10 heteroatoms. The lowest BCUT2D eigenvalue weighted by atomic mass is 9.92. The zero-order valence-electron chi connectivity index (χ0n) is 12.7. The predicted molar refractivity (Wildman–Crippen MR) is 81.0 cm³/mol. The second-order valence-corrected chi connectivity index (χ2v) is 9.70. The molecule has 23 heavy (non-hydrogen) atoms. The third kappa shape index (κ3) is 3.88. The number of aliphatic carboxylic acids is 1. The zero-order chi connectivity index (χ0) is 17.4. The lowest BCUT2D eigenvalue weighted by Gasteiger charge is -2.33. The van der Waals surface area contributed by atoms with Crippen molar-refractivity contribution in [2.24, 2.45) is 11.8 Å². The van der Waals surface area contributed by atoms with Crippen LogP contribution in [0.15, 0.2) is 28.3 Å². The zero-order valence-corrected chi connectivity index (χ0v) is 14.3. The van der Waals surface area contributed by atoms with Gasteiger partial charge in [0.1, 0.15) is 4.90 Å². The number of hydrogen-bond acceptors (Lipinski definition) is 6.